The van der Waals surface area contributed by atoms with Crippen molar-refractivity contribution in [1.29, 1.82) is 0 Å². The maximum atomic E-state index is 13.6. The number of nitrogens with zero attached hydrogens (tertiary/aromatic N) is 2. The third kappa shape index (κ3) is 3.80. The van der Waals surface area contributed by atoms with Gasteiger partial charge in [0, 0.05) is 11.1 Å². The lowest BCUT2D eigenvalue weighted by Gasteiger charge is -2.15. The molecule has 2 N–H and O–H groups in total. The van der Waals surface area contributed by atoms with Gasteiger partial charge in [-0.2, -0.15) is 0 Å². The Morgan fingerprint density at radius 1 is 0.639 bits per heavy atom. The molecule has 0 heterocycles. The molecular formula is C26H18N2O8. The molecule has 0 saturated heterocycles. The van der Waals surface area contributed by atoms with Gasteiger partial charge in [0.05, 0.1) is 9.85 Å². The molecule has 0 aliphatic carbocycles. The molecule has 0 aliphatic rings. The van der Waals surface area contributed by atoms with E-state index in [1.165, 1.54) is 24.3 Å². The summed E-state index contributed by atoms with van der Waals surface area (Å²) in [6.45, 7) is 3.26. The van der Waals surface area contributed by atoms with Crippen molar-refractivity contribution in [2.45, 2.75) is 13.8 Å². The molecule has 0 amide bonds. The Morgan fingerprint density at radius 3 is 1.33 bits per heavy atom. The Balaban J connectivity index is 2.00. The number of carbonyl (C=O) groups is 2. The number of aryl methyl sites for hydroxylation is 2. The van der Waals surface area contributed by atoms with Gasteiger partial charge < -0.3 is 10.2 Å². The van der Waals surface area contributed by atoms with Crippen LogP contribution < -0.4 is 0 Å². The lowest BCUT2D eigenvalue weighted by molar-refractivity contribution is -0.386. The lowest BCUT2D eigenvalue weighted by atomic mass is 9.87. The topological polar surface area (TPSA) is 161 Å². The van der Waals surface area contributed by atoms with Crippen molar-refractivity contribution in [3.63, 3.8) is 0 Å². The van der Waals surface area contributed by atoms with Crippen molar-refractivity contribution in [3.05, 3.63) is 114 Å². The van der Waals surface area contributed by atoms with Gasteiger partial charge in [-0.3, -0.25) is 29.8 Å². The summed E-state index contributed by atoms with van der Waals surface area (Å²) in [6.07, 6.45) is 0. The zero-order valence-corrected chi connectivity index (χ0v) is 19.0. The van der Waals surface area contributed by atoms with E-state index in [4.69, 9.17) is 0 Å². The predicted octanol–water partition coefficient (Wildman–Crippen LogP) is 5.15. The van der Waals surface area contributed by atoms with Gasteiger partial charge in [0.25, 0.3) is 0 Å². The summed E-state index contributed by atoms with van der Waals surface area (Å²) >= 11 is 0. The number of hydrogen-bond donors (Lipinski definition) is 2. The largest absolute Gasteiger partial charge is 0.502 e. The van der Waals surface area contributed by atoms with E-state index in [1.807, 2.05) is 0 Å². The van der Waals surface area contributed by atoms with Crippen LogP contribution in [0.1, 0.15) is 43.0 Å². The third-order valence-corrected chi connectivity index (χ3v) is 5.96. The molecule has 4 aromatic carbocycles. The number of phenolic OH excluding ortho intramolecular Hbond substituents is 2. The molecule has 0 fully saturated rings. The number of nitro groups is 2. The van der Waals surface area contributed by atoms with E-state index < -0.39 is 44.3 Å². The van der Waals surface area contributed by atoms with Crippen molar-refractivity contribution in [2.24, 2.45) is 0 Å². The van der Waals surface area contributed by atoms with Crippen LogP contribution in [0, 0.1) is 34.1 Å². The van der Waals surface area contributed by atoms with Gasteiger partial charge in [-0.15, -0.1) is 0 Å². The maximum Gasteiger partial charge on any atom is 0.321 e. The summed E-state index contributed by atoms with van der Waals surface area (Å²) in [4.78, 5) is 48.6. The second-order valence-electron chi connectivity index (χ2n) is 8.13. The van der Waals surface area contributed by atoms with Crippen LogP contribution in [-0.4, -0.2) is 31.6 Å². The molecule has 0 aromatic heterocycles. The molecular weight excluding hydrogens is 468 g/mol. The van der Waals surface area contributed by atoms with Crippen LogP contribution in [-0.2, 0) is 0 Å². The van der Waals surface area contributed by atoms with Crippen molar-refractivity contribution < 1.29 is 29.6 Å². The minimum absolute atomic E-state index is 0.0839. The van der Waals surface area contributed by atoms with Crippen LogP contribution in [0.5, 0.6) is 11.5 Å². The van der Waals surface area contributed by atoms with Gasteiger partial charge >= 0.3 is 11.4 Å². The van der Waals surface area contributed by atoms with Crippen LogP contribution in [0.2, 0.25) is 0 Å². The van der Waals surface area contributed by atoms with Gasteiger partial charge in [-0.1, -0.05) is 36.4 Å². The van der Waals surface area contributed by atoms with Crippen LogP contribution in [0.15, 0.2) is 60.7 Å². The molecule has 10 heteroatoms. The van der Waals surface area contributed by atoms with E-state index in [0.29, 0.717) is 21.9 Å². The summed E-state index contributed by atoms with van der Waals surface area (Å²) < 4.78 is 0. The van der Waals surface area contributed by atoms with Gasteiger partial charge in [0.15, 0.2) is 11.5 Å². The molecule has 180 valence electrons. The fourth-order valence-corrected chi connectivity index (χ4v) is 4.31. The van der Waals surface area contributed by atoms with Crippen molar-refractivity contribution in [1.82, 2.24) is 0 Å². The first-order chi connectivity index (χ1) is 17.0. The van der Waals surface area contributed by atoms with E-state index in [2.05, 4.69) is 0 Å². The minimum Gasteiger partial charge on any atom is -0.502 e. The number of carbonyl (C=O) groups excluding carboxylic acids is 2. The second-order valence-corrected chi connectivity index (χ2v) is 8.13. The van der Waals surface area contributed by atoms with Crippen LogP contribution in [0.25, 0.3) is 10.8 Å². The highest BCUT2D eigenvalue weighted by molar-refractivity contribution is 6.24. The first-order valence-corrected chi connectivity index (χ1v) is 10.6. The fourth-order valence-electron chi connectivity index (χ4n) is 4.31. The first-order valence-electron chi connectivity index (χ1n) is 10.6. The van der Waals surface area contributed by atoms with Crippen LogP contribution in [0.3, 0.4) is 0 Å². The number of nitro benzene ring substituents is 2. The van der Waals surface area contributed by atoms with Crippen molar-refractivity contribution in [2.75, 3.05) is 0 Å². The molecule has 0 unspecified atom stereocenters. The fraction of sp³-hybridized carbons (Fsp3) is 0.0769. The Hall–Kier alpha value is -5.12. The molecule has 0 radical (unpaired) electrons. The number of ketones is 2. The average molecular weight is 486 g/mol. The molecule has 4 rings (SSSR count). The Kier molecular flexibility index (Phi) is 5.95. The van der Waals surface area contributed by atoms with Crippen LogP contribution in [0.4, 0.5) is 11.4 Å². The Labute approximate surface area is 203 Å². The quantitative estimate of drug-likeness (QED) is 0.215. The van der Waals surface area contributed by atoms with E-state index in [-0.39, 0.29) is 22.3 Å². The summed E-state index contributed by atoms with van der Waals surface area (Å²) in [5.41, 5.74) is -1.02. The molecule has 4 aromatic rings. The number of para-hydroxylation sites is 2. The van der Waals surface area contributed by atoms with Gasteiger partial charge in [0.2, 0.25) is 11.6 Å². The molecule has 0 saturated carbocycles. The third-order valence-electron chi connectivity index (χ3n) is 5.96. The molecule has 0 bridgehead atoms. The zero-order valence-electron chi connectivity index (χ0n) is 19.0. The lowest BCUT2D eigenvalue weighted by Crippen LogP contribution is -2.11. The molecule has 0 atom stereocenters. The second kappa shape index (κ2) is 8.91. The Morgan fingerprint density at radius 2 is 1.00 bits per heavy atom. The zero-order chi connectivity index (χ0) is 26.3. The molecule has 0 aliphatic heterocycles. The van der Waals surface area contributed by atoms with E-state index in [9.17, 15) is 40.0 Å². The highest BCUT2D eigenvalue weighted by Crippen LogP contribution is 2.37. The number of benzene rings is 4. The summed E-state index contributed by atoms with van der Waals surface area (Å²) in [5, 5.41) is 43.7. The van der Waals surface area contributed by atoms with Gasteiger partial charge in [-0.25, -0.2) is 0 Å². The molecule has 0 spiro atoms. The van der Waals surface area contributed by atoms with Gasteiger partial charge in [0.1, 0.15) is 11.1 Å². The van der Waals surface area contributed by atoms with E-state index in [1.54, 1.807) is 38.1 Å². The Bertz CT molecular complexity index is 1500. The number of aromatic hydroxyl groups is 2. The normalized spacial score (nSPS) is 10.8. The number of fused-ring (bicyclic) bond motifs is 1. The summed E-state index contributed by atoms with van der Waals surface area (Å²) in [6, 6.07) is 13.6. The van der Waals surface area contributed by atoms with Crippen LogP contribution >= 0.6 is 0 Å². The number of hydrogen-bond acceptors (Lipinski definition) is 8. The van der Waals surface area contributed by atoms with E-state index in [0.717, 1.165) is 12.1 Å². The summed E-state index contributed by atoms with van der Waals surface area (Å²) in [5.74, 6) is -2.78. The average Bonchev–Trinajstić information content (AvgIpc) is 2.82. The smallest absolute Gasteiger partial charge is 0.321 e. The first kappa shape index (κ1) is 24.0. The highest BCUT2D eigenvalue weighted by atomic mass is 16.6. The predicted molar refractivity (Wildman–Crippen MR) is 130 cm³/mol. The SMILES string of the molecule is Cc1ccc2c(C(=O)c3cccc(O)c3[N+](=O)[O-])c(C)ccc2c1C(=O)c1cccc(O)c1[N+](=O)[O-]. The monoisotopic (exact) mass is 486 g/mol. The van der Waals surface area contributed by atoms with Crippen molar-refractivity contribution in [3.8, 4) is 11.5 Å². The standard InChI is InChI=1S/C26H18N2O8/c1-13-9-11-16-15(21(13)25(31)17-5-3-7-19(29)23(17)27(33)34)12-10-14(2)22(16)26(32)18-6-4-8-20(30)24(18)28(35)36/h3-12,29-30H,1-2H3. The highest BCUT2D eigenvalue weighted by Gasteiger charge is 2.30. The molecule has 36 heavy (non-hydrogen) atoms. The summed E-state index contributed by atoms with van der Waals surface area (Å²) in [7, 11) is 0. The van der Waals surface area contributed by atoms with Gasteiger partial charge in [-0.05, 0) is 60.0 Å². The molecule has 10 nitrogen and oxygen atoms in total. The number of phenols is 2. The van der Waals surface area contributed by atoms with E-state index >= 15 is 0 Å². The maximum absolute atomic E-state index is 13.6. The minimum atomic E-state index is -0.844. The number of rotatable bonds is 6. The van der Waals surface area contributed by atoms with Crippen molar-refractivity contribution >= 4 is 33.7 Å².